The fourth-order valence-electron chi connectivity index (χ4n) is 8.68. The lowest BCUT2D eigenvalue weighted by molar-refractivity contribution is -0.149. The SMILES string of the molecule is C=CCN(C(=O)[C@@H]1[C@H]2C(=O)N([C@@H](CO)Cc3ccccc3)C(C(=O)N(CC=C)c3cc(C)ccc3C)C23CC(C)[C@@]1(C)O3)c1ccccc1. The number of likely N-dealkylation sites (tertiary alicyclic amines) is 1. The van der Waals surface area contributed by atoms with Gasteiger partial charge in [-0.15, -0.1) is 13.2 Å². The van der Waals surface area contributed by atoms with Crippen LogP contribution in [-0.2, 0) is 25.5 Å². The lowest BCUT2D eigenvalue weighted by Gasteiger charge is -2.40. The Balaban J connectivity index is 1.52. The average molecular weight is 662 g/mol. The molecule has 7 atom stereocenters. The summed E-state index contributed by atoms with van der Waals surface area (Å²) in [5, 5.41) is 11.0. The molecule has 3 heterocycles. The first-order chi connectivity index (χ1) is 23.5. The predicted molar refractivity (Wildman–Crippen MR) is 192 cm³/mol. The zero-order valence-electron chi connectivity index (χ0n) is 28.9. The number of rotatable bonds is 12. The maximum Gasteiger partial charge on any atom is 0.253 e. The van der Waals surface area contributed by atoms with E-state index in [4.69, 9.17) is 4.74 Å². The molecule has 3 aromatic rings. The van der Waals surface area contributed by atoms with Crippen molar-refractivity contribution in [3.05, 3.63) is 121 Å². The van der Waals surface area contributed by atoms with E-state index in [1.54, 1.807) is 26.9 Å². The van der Waals surface area contributed by atoms with Gasteiger partial charge in [0.25, 0.3) is 5.91 Å². The van der Waals surface area contributed by atoms with Crippen LogP contribution in [0.1, 0.15) is 37.0 Å². The Morgan fingerprint density at radius 1 is 0.980 bits per heavy atom. The monoisotopic (exact) mass is 661 g/mol. The molecule has 256 valence electrons. The summed E-state index contributed by atoms with van der Waals surface area (Å²) in [6.45, 7) is 15.9. The number of ether oxygens (including phenoxy) is 1. The van der Waals surface area contributed by atoms with Crippen LogP contribution in [0.4, 0.5) is 11.4 Å². The maximum absolute atomic E-state index is 15.3. The van der Waals surface area contributed by atoms with E-state index < -0.39 is 35.1 Å². The summed E-state index contributed by atoms with van der Waals surface area (Å²) >= 11 is 0. The molecule has 3 aliphatic heterocycles. The Labute approximate surface area is 289 Å². The van der Waals surface area contributed by atoms with Gasteiger partial charge in [-0.05, 0) is 74.4 Å². The van der Waals surface area contributed by atoms with Crippen molar-refractivity contribution in [2.24, 2.45) is 17.8 Å². The van der Waals surface area contributed by atoms with Gasteiger partial charge in [-0.2, -0.15) is 0 Å². The molecular formula is C41H47N3O5. The Morgan fingerprint density at radius 3 is 2.24 bits per heavy atom. The van der Waals surface area contributed by atoms with Crippen LogP contribution in [0, 0.1) is 31.6 Å². The van der Waals surface area contributed by atoms with Crippen LogP contribution < -0.4 is 9.80 Å². The first kappa shape index (κ1) is 34.3. The third-order valence-corrected chi connectivity index (χ3v) is 11.0. The Hall–Kier alpha value is -4.53. The third kappa shape index (κ3) is 5.61. The van der Waals surface area contributed by atoms with Crippen molar-refractivity contribution in [3.8, 4) is 0 Å². The summed E-state index contributed by atoms with van der Waals surface area (Å²) < 4.78 is 7.09. The summed E-state index contributed by atoms with van der Waals surface area (Å²) in [6.07, 6.45) is 4.11. The molecule has 49 heavy (non-hydrogen) atoms. The minimum Gasteiger partial charge on any atom is -0.394 e. The number of fused-ring (bicyclic) bond motifs is 1. The summed E-state index contributed by atoms with van der Waals surface area (Å²) in [4.78, 5) is 50.3. The van der Waals surface area contributed by atoms with Gasteiger partial charge < -0.3 is 24.5 Å². The molecule has 0 aliphatic carbocycles. The number of benzene rings is 3. The molecule has 2 bridgehead atoms. The highest BCUT2D eigenvalue weighted by atomic mass is 16.5. The molecule has 8 heteroatoms. The summed E-state index contributed by atoms with van der Waals surface area (Å²) in [6, 6.07) is 23.1. The van der Waals surface area contributed by atoms with Crippen molar-refractivity contribution in [2.45, 2.75) is 63.8 Å². The van der Waals surface area contributed by atoms with Crippen LogP contribution in [0.25, 0.3) is 0 Å². The van der Waals surface area contributed by atoms with E-state index in [9.17, 15) is 9.90 Å². The van der Waals surface area contributed by atoms with Gasteiger partial charge in [0.05, 0.1) is 30.1 Å². The first-order valence-corrected chi connectivity index (χ1v) is 17.2. The molecule has 0 radical (unpaired) electrons. The number of hydrogen-bond acceptors (Lipinski definition) is 5. The number of hydrogen-bond donors (Lipinski definition) is 1. The van der Waals surface area contributed by atoms with Crippen molar-refractivity contribution >= 4 is 29.1 Å². The molecule has 3 unspecified atom stereocenters. The van der Waals surface area contributed by atoms with Crippen LogP contribution in [0.5, 0.6) is 0 Å². The third-order valence-electron chi connectivity index (χ3n) is 11.0. The molecule has 8 nitrogen and oxygen atoms in total. The van der Waals surface area contributed by atoms with Gasteiger partial charge in [0.2, 0.25) is 11.8 Å². The van der Waals surface area contributed by atoms with Crippen molar-refractivity contribution in [3.63, 3.8) is 0 Å². The number of carbonyl (C=O) groups excluding carboxylic acids is 3. The normalized spacial score (nSPS) is 27.4. The highest BCUT2D eigenvalue weighted by molar-refractivity contribution is 6.07. The largest absolute Gasteiger partial charge is 0.394 e. The molecular weight excluding hydrogens is 614 g/mol. The number of aliphatic hydroxyl groups excluding tert-OH is 1. The number of carbonyl (C=O) groups is 3. The molecule has 1 N–H and O–H groups in total. The topological polar surface area (TPSA) is 90.4 Å². The van der Waals surface area contributed by atoms with Crippen molar-refractivity contribution in [1.29, 1.82) is 0 Å². The number of nitrogens with zero attached hydrogens (tertiary/aromatic N) is 3. The zero-order chi connectivity index (χ0) is 35.1. The van der Waals surface area contributed by atoms with Crippen LogP contribution in [0.15, 0.2) is 104 Å². The lowest BCUT2D eigenvalue weighted by Crippen LogP contribution is -2.59. The zero-order valence-corrected chi connectivity index (χ0v) is 28.9. The second-order valence-electron chi connectivity index (χ2n) is 14.1. The quantitative estimate of drug-likeness (QED) is 0.253. The smallest absolute Gasteiger partial charge is 0.253 e. The van der Waals surface area contributed by atoms with E-state index in [-0.39, 0.29) is 43.3 Å². The molecule has 3 fully saturated rings. The minimum absolute atomic E-state index is 0.141. The summed E-state index contributed by atoms with van der Waals surface area (Å²) in [5.74, 6) is -2.83. The van der Waals surface area contributed by atoms with Gasteiger partial charge in [0.15, 0.2) is 0 Å². The highest BCUT2D eigenvalue weighted by Gasteiger charge is 2.80. The van der Waals surface area contributed by atoms with Crippen LogP contribution in [0.2, 0.25) is 0 Å². The van der Waals surface area contributed by atoms with Gasteiger partial charge >= 0.3 is 0 Å². The number of para-hydroxylation sites is 1. The van der Waals surface area contributed by atoms with Gasteiger partial charge in [0.1, 0.15) is 11.6 Å². The molecule has 1 spiro atoms. The predicted octanol–water partition coefficient (Wildman–Crippen LogP) is 5.66. The van der Waals surface area contributed by atoms with E-state index in [0.717, 1.165) is 22.4 Å². The minimum atomic E-state index is -1.29. The first-order valence-electron chi connectivity index (χ1n) is 17.2. The second kappa shape index (κ2) is 13.4. The van der Waals surface area contributed by atoms with E-state index in [1.165, 1.54) is 0 Å². The molecule has 3 aliphatic rings. The fraction of sp³-hybridized carbons (Fsp3) is 0.390. The van der Waals surface area contributed by atoms with Crippen molar-refractivity contribution < 1.29 is 24.2 Å². The Bertz CT molecular complexity index is 1740. The molecule has 0 saturated carbocycles. The molecule has 6 rings (SSSR count). The average Bonchev–Trinajstić information content (AvgIpc) is 3.62. The van der Waals surface area contributed by atoms with Crippen molar-refractivity contribution in [1.82, 2.24) is 4.90 Å². The molecule has 3 amide bonds. The van der Waals surface area contributed by atoms with Crippen LogP contribution in [0.3, 0.4) is 0 Å². The van der Waals surface area contributed by atoms with E-state index in [0.29, 0.717) is 18.5 Å². The lowest BCUT2D eigenvalue weighted by atomic mass is 9.62. The van der Waals surface area contributed by atoms with Gasteiger partial charge in [0, 0.05) is 24.5 Å². The Kier molecular flexibility index (Phi) is 9.40. The number of amides is 3. The van der Waals surface area contributed by atoms with E-state index in [2.05, 4.69) is 13.2 Å². The Morgan fingerprint density at radius 2 is 1.61 bits per heavy atom. The standard InChI is InChI=1S/C41H47N3O5/c1-7-21-42(31-17-13-10-14-18-31)37(46)34-35-38(47)44(32(26-45)24-30-15-11-9-12-16-30)36(41(35)25-29(5)40(34,6)49-41)39(48)43(22-8-2)33-23-27(3)19-20-28(33)4/h7-20,23,29,32,34-36,45H,1-2,21-22,24-26H2,3-6H3/t29?,32-,34+,35+,36?,40-,41?/m1/s1. The summed E-state index contributed by atoms with van der Waals surface area (Å²) in [5.41, 5.74) is 1.94. The van der Waals surface area contributed by atoms with Crippen LogP contribution >= 0.6 is 0 Å². The number of anilines is 2. The second-order valence-corrected chi connectivity index (χ2v) is 14.1. The number of aryl methyl sites for hydroxylation is 2. The summed E-state index contributed by atoms with van der Waals surface area (Å²) in [7, 11) is 0. The molecule has 3 saturated heterocycles. The van der Waals surface area contributed by atoms with Gasteiger partial charge in [-0.25, -0.2) is 0 Å². The molecule has 3 aromatic carbocycles. The van der Waals surface area contributed by atoms with E-state index in [1.807, 2.05) is 107 Å². The van der Waals surface area contributed by atoms with Crippen LogP contribution in [-0.4, -0.2) is 70.7 Å². The van der Waals surface area contributed by atoms with Crippen molar-refractivity contribution in [2.75, 3.05) is 29.5 Å². The van der Waals surface area contributed by atoms with E-state index >= 15 is 9.59 Å². The van der Waals surface area contributed by atoms with Gasteiger partial charge in [-0.1, -0.05) is 79.7 Å². The number of aliphatic hydroxyl groups is 1. The molecule has 0 aromatic heterocycles. The maximum atomic E-state index is 15.3. The van der Waals surface area contributed by atoms with Gasteiger partial charge in [-0.3, -0.25) is 14.4 Å². The highest BCUT2D eigenvalue weighted by Crippen LogP contribution is 2.66. The fourth-order valence-corrected chi connectivity index (χ4v) is 8.68.